The highest BCUT2D eigenvalue weighted by molar-refractivity contribution is 5.53. The summed E-state index contributed by atoms with van der Waals surface area (Å²) < 4.78 is 0. The summed E-state index contributed by atoms with van der Waals surface area (Å²) in [4.78, 5) is 8.67. The number of nitrogens with zero attached hydrogens (tertiary/aromatic N) is 2. The molecule has 0 bridgehead atoms. The van der Waals surface area contributed by atoms with Gasteiger partial charge in [0.25, 0.3) is 0 Å². The van der Waals surface area contributed by atoms with E-state index in [2.05, 4.69) is 15.3 Å². The number of benzene rings is 1. The van der Waals surface area contributed by atoms with Crippen molar-refractivity contribution < 1.29 is 5.11 Å². The molecule has 2 N–H and O–H groups in total. The first kappa shape index (κ1) is 12.7. The second-order valence-corrected chi connectivity index (χ2v) is 4.26. The SMILES string of the molecule is C[C@@H](O)CNCc1cnc(-c2ccccc2)nc1. The zero-order chi connectivity index (χ0) is 12.8. The highest BCUT2D eigenvalue weighted by Gasteiger charge is 2.01. The molecule has 0 radical (unpaired) electrons. The summed E-state index contributed by atoms with van der Waals surface area (Å²) in [6, 6.07) is 9.88. The number of hydrogen-bond acceptors (Lipinski definition) is 4. The first-order valence-electron chi connectivity index (χ1n) is 6.01. The van der Waals surface area contributed by atoms with Gasteiger partial charge >= 0.3 is 0 Å². The Morgan fingerprint density at radius 3 is 2.44 bits per heavy atom. The van der Waals surface area contributed by atoms with Gasteiger partial charge in [0.15, 0.2) is 5.82 Å². The van der Waals surface area contributed by atoms with Crippen molar-refractivity contribution in [3.63, 3.8) is 0 Å². The lowest BCUT2D eigenvalue weighted by atomic mass is 10.2. The molecule has 94 valence electrons. The molecule has 4 heteroatoms. The molecule has 0 saturated heterocycles. The molecule has 0 unspecified atom stereocenters. The van der Waals surface area contributed by atoms with Crippen LogP contribution < -0.4 is 5.32 Å². The Bertz CT molecular complexity index is 468. The van der Waals surface area contributed by atoms with Gasteiger partial charge in [-0.2, -0.15) is 0 Å². The Labute approximate surface area is 107 Å². The van der Waals surface area contributed by atoms with Crippen molar-refractivity contribution in [2.75, 3.05) is 6.54 Å². The van der Waals surface area contributed by atoms with Gasteiger partial charge in [-0.25, -0.2) is 9.97 Å². The summed E-state index contributed by atoms with van der Waals surface area (Å²) in [5.41, 5.74) is 2.02. The molecule has 0 aliphatic heterocycles. The van der Waals surface area contributed by atoms with Crippen LogP contribution in [0.5, 0.6) is 0 Å². The predicted molar refractivity (Wildman–Crippen MR) is 70.9 cm³/mol. The van der Waals surface area contributed by atoms with Gasteiger partial charge in [-0.3, -0.25) is 0 Å². The summed E-state index contributed by atoms with van der Waals surface area (Å²) in [6.45, 7) is 2.99. The maximum atomic E-state index is 9.13. The van der Waals surface area contributed by atoms with Crippen LogP contribution in [0.25, 0.3) is 11.4 Å². The van der Waals surface area contributed by atoms with E-state index in [1.54, 1.807) is 6.92 Å². The van der Waals surface area contributed by atoms with Crippen molar-refractivity contribution in [3.05, 3.63) is 48.3 Å². The van der Waals surface area contributed by atoms with Gasteiger partial charge < -0.3 is 10.4 Å². The summed E-state index contributed by atoms with van der Waals surface area (Å²) in [6.07, 6.45) is 3.28. The molecule has 0 aliphatic carbocycles. The van der Waals surface area contributed by atoms with E-state index in [1.807, 2.05) is 42.7 Å². The van der Waals surface area contributed by atoms with E-state index in [-0.39, 0.29) is 6.10 Å². The zero-order valence-electron chi connectivity index (χ0n) is 10.4. The van der Waals surface area contributed by atoms with E-state index >= 15 is 0 Å². The molecule has 18 heavy (non-hydrogen) atoms. The third-order valence-electron chi connectivity index (χ3n) is 2.51. The molecular weight excluding hydrogens is 226 g/mol. The molecule has 1 atom stereocenters. The van der Waals surface area contributed by atoms with Crippen molar-refractivity contribution >= 4 is 0 Å². The van der Waals surface area contributed by atoms with E-state index in [0.717, 1.165) is 17.0 Å². The minimum Gasteiger partial charge on any atom is -0.392 e. The van der Waals surface area contributed by atoms with Gasteiger partial charge in [0.05, 0.1) is 6.10 Å². The number of rotatable bonds is 5. The van der Waals surface area contributed by atoms with Crippen LogP contribution in [0.2, 0.25) is 0 Å². The molecule has 0 aliphatic rings. The molecule has 2 rings (SSSR count). The van der Waals surface area contributed by atoms with Gasteiger partial charge in [0.1, 0.15) is 0 Å². The number of aliphatic hydroxyl groups is 1. The molecular formula is C14H17N3O. The van der Waals surface area contributed by atoms with Crippen LogP contribution in [0.3, 0.4) is 0 Å². The van der Waals surface area contributed by atoms with Crippen molar-refractivity contribution in [1.82, 2.24) is 15.3 Å². The second-order valence-electron chi connectivity index (χ2n) is 4.26. The first-order valence-corrected chi connectivity index (χ1v) is 6.01. The van der Waals surface area contributed by atoms with Crippen LogP contribution in [0.15, 0.2) is 42.7 Å². The van der Waals surface area contributed by atoms with Crippen LogP contribution >= 0.6 is 0 Å². The summed E-state index contributed by atoms with van der Waals surface area (Å²) >= 11 is 0. The fourth-order valence-corrected chi connectivity index (χ4v) is 1.61. The lowest BCUT2D eigenvalue weighted by molar-refractivity contribution is 0.191. The largest absolute Gasteiger partial charge is 0.392 e. The molecule has 1 heterocycles. The zero-order valence-corrected chi connectivity index (χ0v) is 10.4. The average Bonchev–Trinajstić information content (AvgIpc) is 2.40. The van der Waals surface area contributed by atoms with Crippen molar-refractivity contribution in [3.8, 4) is 11.4 Å². The van der Waals surface area contributed by atoms with Gasteiger partial charge in [0.2, 0.25) is 0 Å². The fraction of sp³-hybridized carbons (Fsp3) is 0.286. The lowest BCUT2D eigenvalue weighted by Gasteiger charge is -2.06. The number of nitrogens with one attached hydrogen (secondary N) is 1. The Morgan fingerprint density at radius 1 is 1.17 bits per heavy atom. The number of aromatic nitrogens is 2. The second kappa shape index (κ2) is 6.23. The molecule has 0 saturated carbocycles. The Balaban J connectivity index is 1.98. The minimum atomic E-state index is -0.338. The van der Waals surface area contributed by atoms with Crippen LogP contribution in [-0.4, -0.2) is 27.7 Å². The normalized spacial score (nSPS) is 12.3. The maximum Gasteiger partial charge on any atom is 0.159 e. The van der Waals surface area contributed by atoms with Crippen LogP contribution in [0, 0.1) is 0 Å². The van der Waals surface area contributed by atoms with Gasteiger partial charge in [-0.15, -0.1) is 0 Å². The molecule has 4 nitrogen and oxygen atoms in total. The minimum absolute atomic E-state index is 0.338. The highest BCUT2D eigenvalue weighted by atomic mass is 16.3. The fourth-order valence-electron chi connectivity index (χ4n) is 1.61. The van der Waals surface area contributed by atoms with E-state index < -0.39 is 0 Å². The molecule has 0 fully saturated rings. The van der Waals surface area contributed by atoms with E-state index in [1.165, 1.54) is 0 Å². The van der Waals surface area contributed by atoms with Crippen LogP contribution in [0.1, 0.15) is 12.5 Å². The Morgan fingerprint density at radius 2 is 1.83 bits per heavy atom. The van der Waals surface area contributed by atoms with Gasteiger partial charge in [-0.1, -0.05) is 30.3 Å². The molecule has 0 amide bonds. The van der Waals surface area contributed by atoms with E-state index in [4.69, 9.17) is 5.11 Å². The highest BCUT2D eigenvalue weighted by Crippen LogP contribution is 2.12. The summed E-state index contributed by atoms with van der Waals surface area (Å²) in [5, 5.41) is 12.3. The monoisotopic (exact) mass is 243 g/mol. The first-order chi connectivity index (χ1) is 8.75. The van der Waals surface area contributed by atoms with E-state index in [9.17, 15) is 0 Å². The quantitative estimate of drug-likeness (QED) is 0.837. The Hall–Kier alpha value is -1.78. The van der Waals surface area contributed by atoms with Crippen molar-refractivity contribution in [2.24, 2.45) is 0 Å². The van der Waals surface area contributed by atoms with Crippen molar-refractivity contribution in [2.45, 2.75) is 19.6 Å². The van der Waals surface area contributed by atoms with E-state index in [0.29, 0.717) is 13.1 Å². The molecule has 1 aromatic carbocycles. The third-order valence-corrected chi connectivity index (χ3v) is 2.51. The predicted octanol–water partition coefficient (Wildman–Crippen LogP) is 1.61. The van der Waals surface area contributed by atoms with Gasteiger partial charge in [0, 0.05) is 36.6 Å². The van der Waals surface area contributed by atoms with Crippen LogP contribution in [0.4, 0.5) is 0 Å². The Kier molecular flexibility index (Phi) is 4.39. The summed E-state index contributed by atoms with van der Waals surface area (Å²) in [5.74, 6) is 0.731. The molecule has 2 aromatic rings. The maximum absolute atomic E-state index is 9.13. The standard InChI is InChI=1S/C14H17N3O/c1-11(18)7-15-8-12-9-16-14(17-10-12)13-5-3-2-4-6-13/h2-6,9-11,15,18H,7-8H2,1H3/t11-/m1/s1. The lowest BCUT2D eigenvalue weighted by Crippen LogP contribution is -2.23. The third kappa shape index (κ3) is 3.61. The topological polar surface area (TPSA) is 58.0 Å². The average molecular weight is 243 g/mol. The van der Waals surface area contributed by atoms with Gasteiger partial charge in [-0.05, 0) is 6.92 Å². The smallest absolute Gasteiger partial charge is 0.159 e. The number of aliphatic hydroxyl groups excluding tert-OH is 1. The van der Waals surface area contributed by atoms with Crippen LogP contribution in [-0.2, 0) is 6.54 Å². The molecule has 0 spiro atoms. The molecule has 1 aromatic heterocycles. The number of hydrogen-bond donors (Lipinski definition) is 2. The van der Waals surface area contributed by atoms with Crippen molar-refractivity contribution in [1.29, 1.82) is 0 Å². The summed E-state index contributed by atoms with van der Waals surface area (Å²) in [7, 11) is 0.